The number of terminal acetylenes is 1. The summed E-state index contributed by atoms with van der Waals surface area (Å²) in [5, 5.41) is 4.18. The number of halogens is 3. The Labute approximate surface area is 222 Å². The fraction of sp³-hybridized carbons (Fsp3) is 0.292. The molecule has 3 heterocycles. The minimum atomic E-state index is -4.86. The lowest BCUT2D eigenvalue weighted by atomic mass is 10.1. The Kier molecular flexibility index (Phi) is 9.63. The van der Waals surface area contributed by atoms with Crippen LogP contribution < -0.4 is 0 Å². The first-order valence-corrected chi connectivity index (χ1v) is 12.1. The molecule has 1 amide bonds. The number of amides is 1. The van der Waals surface area contributed by atoms with Gasteiger partial charge >= 0.3 is 10.2 Å². The Morgan fingerprint density at radius 1 is 1.25 bits per heavy atom. The van der Waals surface area contributed by atoms with Gasteiger partial charge in [-0.15, -0.1) is 35.1 Å². The highest BCUT2D eigenvalue weighted by atomic mass is 35.5. The van der Waals surface area contributed by atoms with Gasteiger partial charge in [0.15, 0.2) is 0 Å². The van der Waals surface area contributed by atoms with Crippen molar-refractivity contribution < 1.29 is 17.1 Å². The van der Waals surface area contributed by atoms with Crippen LogP contribution in [-0.2, 0) is 23.8 Å². The second-order valence-corrected chi connectivity index (χ2v) is 9.68. The van der Waals surface area contributed by atoms with Crippen LogP contribution in [0.15, 0.2) is 53.8 Å². The minimum Gasteiger partial charge on any atom is -0.333 e. The van der Waals surface area contributed by atoms with Crippen molar-refractivity contribution in [3.63, 3.8) is 0 Å². The highest BCUT2D eigenvalue weighted by Gasteiger charge is 2.30. The van der Waals surface area contributed by atoms with E-state index < -0.39 is 15.1 Å². The van der Waals surface area contributed by atoms with E-state index in [0.29, 0.717) is 48.6 Å². The van der Waals surface area contributed by atoms with E-state index in [9.17, 15) is 17.1 Å². The summed E-state index contributed by atoms with van der Waals surface area (Å²) < 4.78 is 38.0. The first kappa shape index (κ1) is 29.3. The van der Waals surface area contributed by atoms with E-state index in [2.05, 4.69) is 20.9 Å². The lowest BCUT2D eigenvalue weighted by Crippen LogP contribution is -2.53. The standard InChI is InChI=1S/C24H24FN5O3S.2ClH/c1-4-18-10-19(12-21(11-18)34(25,32)33)15-29-8-9-30(17(2)14-29)24(31)22-6-5-7-26-23(22)20-13-27-28(3)16-20;;/h1,5-7,10-13,16-17H,8-9,14-15H2,2-3H3;2*1H/t17-;;/m1../s1. The summed E-state index contributed by atoms with van der Waals surface area (Å²) in [5.41, 5.74) is 2.77. The van der Waals surface area contributed by atoms with Gasteiger partial charge in [0, 0.05) is 62.8 Å². The van der Waals surface area contributed by atoms with Crippen molar-refractivity contribution in [2.75, 3.05) is 19.6 Å². The number of rotatable bonds is 5. The molecule has 0 bridgehead atoms. The molecule has 0 aliphatic carbocycles. The Morgan fingerprint density at radius 3 is 2.61 bits per heavy atom. The summed E-state index contributed by atoms with van der Waals surface area (Å²) in [5.74, 6) is 2.26. The largest absolute Gasteiger partial charge is 0.333 e. The van der Waals surface area contributed by atoms with Crippen LogP contribution in [0.5, 0.6) is 0 Å². The number of carbonyl (C=O) groups is 1. The smallest absolute Gasteiger partial charge is 0.332 e. The lowest BCUT2D eigenvalue weighted by Gasteiger charge is -2.40. The van der Waals surface area contributed by atoms with Gasteiger partial charge in [-0.1, -0.05) is 5.92 Å². The van der Waals surface area contributed by atoms with Gasteiger partial charge in [-0.05, 0) is 42.8 Å². The van der Waals surface area contributed by atoms with Crippen LogP contribution >= 0.6 is 24.8 Å². The molecule has 2 aromatic heterocycles. The van der Waals surface area contributed by atoms with E-state index in [1.54, 1.807) is 42.3 Å². The van der Waals surface area contributed by atoms with Crippen LogP contribution in [0.3, 0.4) is 0 Å². The molecular weight excluding hydrogens is 528 g/mol. The molecule has 4 rings (SSSR count). The van der Waals surface area contributed by atoms with Gasteiger partial charge in [0.05, 0.1) is 17.5 Å². The van der Waals surface area contributed by atoms with Gasteiger partial charge in [0.25, 0.3) is 5.91 Å². The number of benzene rings is 1. The summed E-state index contributed by atoms with van der Waals surface area (Å²) in [4.78, 5) is 21.3. The molecule has 1 aromatic carbocycles. The number of piperazine rings is 1. The van der Waals surface area contributed by atoms with Crippen molar-refractivity contribution >= 4 is 40.9 Å². The Morgan fingerprint density at radius 2 is 2.00 bits per heavy atom. The number of aromatic nitrogens is 3. The van der Waals surface area contributed by atoms with E-state index in [0.717, 1.165) is 11.6 Å². The fourth-order valence-electron chi connectivity index (χ4n) is 4.22. The molecular formula is C24H26Cl2FN5O3S. The van der Waals surface area contributed by atoms with Crippen molar-refractivity contribution in [2.24, 2.45) is 7.05 Å². The molecule has 0 saturated carbocycles. The molecule has 1 fully saturated rings. The van der Waals surface area contributed by atoms with Crippen LogP contribution in [0.4, 0.5) is 3.89 Å². The zero-order valence-corrected chi connectivity index (χ0v) is 22.1. The summed E-state index contributed by atoms with van der Waals surface area (Å²) in [6.45, 7) is 3.95. The van der Waals surface area contributed by atoms with Gasteiger partial charge in [-0.2, -0.15) is 13.5 Å². The van der Waals surface area contributed by atoms with Crippen LogP contribution in [-0.4, -0.2) is 64.6 Å². The van der Waals surface area contributed by atoms with Crippen LogP contribution in [0, 0.1) is 12.3 Å². The monoisotopic (exact) mass is 553 g/mol. The molecule has 1 saturated heterocycles. The van der Waals surface area contributed by atoms with E-state index in [-0.39, 0.29) is 36.8 Å². The molecule has 1 aliphatic rings. The third-order valence-electron chi connectivity index (χ3n) is 5.81. The third-order valence-corrected chi connectivity index (χ3v) is 6.61. The molecule has 3 aromatic rings. The van der Waals surface area contributed by atoms with Crippen molar-refractivity contribution in [1.29, 1.82) is 0 Å². The maximum absolute atomic E-state index is 13.6. The maximum Gasteiger partial charge on any atom is 0.332 e. The van der Waals surface area contributed by atoms with Gasteiger partial charge < -0.3 is 4.90 Å². The lowest BCUT2D eigenvalue weighted by molar-refractivity contribution is 0.0476. The first-order chi connectivity index (χ1) is 16.2. The molecule has 192 valence electrons. The van der Waals surface area contributed by atoms with E-state index in [1.165, 1.54) is 6.07 Å². The fourth-order valence-corrected chi connectivity index (χ4v) is 4.78. The second kappa shape index (κ2) is 11.8. The van der Waals surface area contributed by atoms with Gasteiger partial charge in [0.1, 0.15) is 4.90 Å². The van der Waals surface area contributed by atoms with Crippen LogP contribution in [0.25, 0.3) is 11.3 Å². The molecule has 12 heteroatoms. The zero-order valence-electron chi connectivity index (χ0n) is 19.7. The normalized spacial score (nSPS) is 15.9. The average molecular weight is 554 g/mol. The van der Waals surface area contributed by atoms with E-state index in [4.69, 9.17) is 6.42 Å². The van der Waals surface area contributed by atoms with Crippen molar-refractivity contribution in [1.82, 2.24) is 24.6 Å². The Bertz CT molecular complexity index is 1390. The highest BCUT2D eigenvalue weighted by molar-refractivity contribution is 7.86. The van der Waals surface area contributed by atoms with Gasteiger partial charge in [-0.3, -0.25) is 19.4 Å². The second-order valence-electron chi connectivity index (χ2n) is 8.33. The molecule has 1 aliphatic heterocycles. The molecule has 0 unspecified atom stereocenters. The van der Waals surface area contributed by atoms with Crippen LogP contribution in [0.1, 0.15) is 28.4 Å². The van der Waals surface area contributed by atoms with E-state index >= 15 is 0 Å². The summed E-state index contributed by atoms with van der Waals surface area (Å²) in [6, 6.07) is 7.51. The highest BCUT2D eigenvalue weighted by Crippen LogP contribution is 2.25. The quantitative estimate of drug-likeness (QED) is 0.355. The summed E-state index contributed by atoms with van der Waals surface area (Å²) in [7, 11) is -3.06. The average Bonchev–Trinajstić information content (AvgIpc) is 3.24. The zero-order chi connectivity index (χ0) is 24.5. The number of nitrogens with zero attached hydrogens (tertiary/aromatic N) is 5. The Hall–Kier alpha value is -2.97. The summed E-state index contributed by atoms with van der Waals surface area (Å²) in [6.07, 6.45) is 10.6. The predicted molar refractivity (Wildman–Crippen MR) is 139 cm³/mol. The maximum atomic E-state index is 13.6. The van der Waals surface area contributed by atoms with E-state index in [1.807, 2.05) is 18.0 Å². The molecule has 0 spiro atoms. The van der Waals surface area contributed by atoms with Gasteiger partial charge in [-0.25, -0.2) is 0 Å². The van der Waals surface area contributed by atoms with Crippen LogP contribution in [0.2, 0.25) is 0 Å². The van der Waals surface area contributed by atoms with Crippen molar-refractivity contribution in [2.45, 2.75) is 24.4 Å². The number of hydrogen-bond acceptors (Lipinski definition) is 6. The Balaban J connectivity index is 0.00000228. The molecule has 36 heavy (non-hydrogen) atoms. The number of hydrogen-bond donors (Lipinski definition) is 0. The molecule has 8 nitrogen and oxygen atoms in total. The third kappa shape index (κ3) is 6.42. The predicted octanol–water partition coefficient (Wildman–Crippen LogP) is 3.31. The number of aryl methyl sites for hydroxylation is 1. The SMILES string of the molecule is C#Cc1cc(CN2CCN(C(=O)c3cccnc3-c3cnn(C)c3)[C@H](C)C2)cc(S(=O)(=O)F)c1.Cl.Cl. The molecule has 0 N–H and O–H groups in total. The van der Waals surface area contributed by atoms with Gasteiger partial charge in [0.2, 0.25) is 0 Å². The van der Waals surface area contributed by atoms with Crippen molar-refractivity contribution in [3.8, 4) is 23.6 Å². The minimum absolute atomic E-state index is 0. The summed E-state index contributed by atoms with van der Waals surface area (Å²) >= 11 is 0. The first-order valence-electron chi connectivity index (χ1n) is 10.7. The molecule has 1 atom stereocenters. The number of carbonyl (C=O) groups excluding carboxylic acids is 1. The van der Waals surface area contributed by atoms with Crippen molar-refractivity contribution in [3.05, 3.63) is 65.6 Å². The number of pyridine rings is 1. The molecule has 0 radical (unpaired) electrons. The topological polar surface area (TPSA) is 88.4 Å².